The predicted molar refractivity (Wildman–Crippen MR) is 104 cm³/mol. The molecule has 3 aromatic rings. The summed E-state index contributed by atoms with van der Waals surface area (Å²) in [4.78, 5) is 12.6. The molecular weight excluding hydrogens is 352 g/mol. The van der Waals surface area contributed by atoms with Gasteiger partial charge in [0.25, 0.3) is 5.91 Å². The number of nitrogens with one attached hydrogen (secondary N) is 1. The van der Waals surface area contributed by atoms with Gasteiger partial charge in [-0.25, -0.2) is 0 Å². The second-order valence-electron chi connectivity index (χ2n) is 7.91. The fourth-order valence-electron chi connectivity index (χ4n) is 4.34. The van der Waals surface area contributed by atoms with Gasteiger partial charge in [0, 0.05) is 37.0 Å². The summed E-state index contributed by atoms with van der Waals surface area (Å²) in [6.07, 6.45) is 8.93. The summed E-state index contributed by atoms with van der Waals surface area (Å²) >= 11 is 0. The molecule has 144 valence electrons. The lowest BCUT2D eigenvalue weighted by molar-refractivity contribution is 0.0907. The molecule has 2 aliphatic rings. The number of aromatic nitrogens is 5. The predicted octanol–water partition coefficient (Wildman–Crippen LogP) is 2.22. The van der Waals surface area contributed by atoms with Crippen LogP contribution in [0.4, 0.5) is 0 Å². The van der Waals surface area contributed by atoms with Gasteiger partial charge in [0.1, 0.15) is 12.4 Å². The van der Waals surface area contributed by atoms with Crippen LogP contribution in [-0.4, -0.2) is 36.5 Å². The Morgan fingerprint density at radius 2 is 2.07 bits per heavy atom. The Bertz CT molecular complexity index is 1000. The number of rotatable bonds is 5. The topological polar surface area (TPSA) is 77.6 Å². The van der Waals surface area contributed by atoms with E-state index < -0.39 is 0 Å². The molecule has 1 aromatic carbocycles. The first kappa shape index (κ1) is 17.2. The van der Waals surface area contributed by atoms with Crippen molar-refractivity contribution in [3.63, 3.8) is 0 Å². The molecule has 2 aliphatic carbocycles. The molecule has 0 saturated heterocycles. The largest absolute Gasteiger partial charge is 0.349 e. The van der Waals surface area contributed by atoms with Gasteiger partial charge in [0.15, 0.2) is 5.82 Å². The van der Waals surface area contributed by atoms with Crippen LogP contribution in [-0.2, 0) is 26.4 Å². The minimum Gasteiger partial charge on any atom is -0.349 e. The lowest BCUT2D eigenvalue weighted by Gasteiger charge is -2.35. The standard InChI is InChI=1S/C21H24N6O/c1-26-19(13-27-9-3-8-22-27)24-25-20(26)17-11-18(12-17)23-21(28)16-7-6-14-4-2-5-15(14)10-16/h3,6-10,17-18H,2,4-5,11-13H2,1H3,(H,23,28). The molecule has 7 heteroatoms. The first-order valence-corrected chi connectivity index (χ1v) is 9.95. The van der Waals surface area contributed by atoms with Crippen molar-refractivity contribution in [1.29, 1.82) is 0 Å². The molecule has 1 fully saturated rings. The van der Waals surface area contributed by atoms with Crippen molar-refractivity contribution in [1.82, 2.24) is 29.9 Å². The van der Waals surface area contributed by atoms with E-state index in [0.29, 0.717) is 12.5 Å². The van der Waals surface area contributed by atoms with Crippen molar-refractivity contribution in [2.45, 2.75) is 50.6 Å². The average molecular weight is 376 g/mol. The number of hydrogen-bond acceptors (Lipinski definition) is 4. The third-order valence-electron chi connectivity index (χ3n) is 6.06. The van der Waals surface area contributed by atoms with Crippen LogP contribution >= 0.6 is 0 Å². The molecule has 7 nitrogen and oxygen atoms in total. The van der Waals surface area contributed by atoms with Gasteiger partial charge in [-0.2, -0.15) is 5.10 Å². The lowest BCUT2D eigenvalue weighted by Crippen LogP contribution is -2.44. The number of aryl methyl sites for hydroxylation is 2. The van der Waals surface area contributed by atoms with Gasteiger partial charge in [-0.05, 0) is 61.4 Å². The van der Waals surface area contributed by atoms with E-state index in [1.807, 2.05) is 30.1 Å². The van der Waals surface area contributed by atoms with Crippen LogP contribution in [0.25, 0.3) is 0 Å². The molecule has 2 heterocycles. The second kappa shape index (κ2) is 6.89. The molecule has 1 amide bonds. The van der Waals surface area contributed by atoms with Gasteiger partial charge in [0.05, 0.1) is 0 Å². The minimum absolute atomic E-state index is 0.0375. The van der Waals surface area contributed by atoms with Gasteiger partial charge in [-0.1, -0.05) is 6.07 Å². The Balaban J connectivity index is 1.19. The Morgan fingerprint density at radius 1 is 1.21 bits per heavy atom. The maximum absolute atomic E-state index is 12.6. The smallest absolute Gasteiger partial charge is 0.251 e. The van der Waals surface area contributed by atoms with E-state index in [9.17, 15) is 4.79 Å². The highest BCUT2D eigenvalue weighted by Gasteiger charge is 2.35. The van der Waals surface area contributed by atoms with Crippen LogP contribution < -0.4 is 5.32 Å². The molecule has 1 N–H and O–H groups in total. The maximum atomic E-state index is 12.6. The van der Waals surface area contributed by atoms with Gasteiger partial charge < -0.3 is 9.88 Å². The van der Waals surface area contributed by atoms with Crippen LogP contribution in [0.5, 0.6) is 0 Å². The van der Waals surface area contributed by atoms with Crippen LogP contribution in [0.3, 0.4) is 0 Å². The maximum Gasteiger partial charge on any atom is 0.251 e. The molecular formula is C21H24N6O. The number of carbonyl (C=O) groups is 1. The molecule has 0 aliphatic heterocycles. The fourth-order valence-corrected chi connectivity index (χ4v) is 4.34. The normalized spacial score (nSPS) is 20.6. The highest BCUT2D eigenvalue weighted by molar-refractivity contribution is 5.94. The van der Waals surface area contributed by atoms with Gasteiger partial charge in [-0.15, -0.1) is 10.2 Å². The molecule has 0 spiro atoms. The molecule has 0 radical (unpaired) electrons. The van der Waals surface area contributed by atoms with E-state index >= 15 is 0 Å². The Labute approximate surface area is 163 Å². The molecule has 5 rings (SSSR count). The van der Waals surface area contributed by atoms with Crippen LogP contribution in [0.2, 0.25) is 0 Å². The van der Waals surface area contributed by atoms with Gasteiger partial charge in [0.2, 0.25) is 0 Å². The number of amides is 1. The first-order chi connectivity index (χ1) is 13.7. The quantitative estimate of drug-likeness (QED) is 0.741. The fraction of sp³-hybridized carbons (Fsp3) is 0.429. The van der Waals surface area contributed by atoms with Crippen molar-refractivity contribution < 1.29 is 4.79 Å². The third kappa shape index (κ3) is 3.10. The van der Waals surface area contributed by atoms with E-state index in [4.69, 9.17) is 0 Å². The van der Waals surface area contributed by atoms with E-state index in [1.54, 1.807) is 6.20 Å². The summed E-state index contributed by atoms with van der Waals surface area (Å²) in [7, 11) is 2.00. The molecule has 28 heavy (non-hydrogen) atoms. The molecule has 1 saturated carbocycles. The third-order valence-corrected chi connectivity index (χ3v) is 6.06. The SMILES string of the molecule is Cn1c(Cn2cccn2)nnc1C1CC(NC(=O)c2ccc3c(c2)CCC3)C1. The van der Waals surface area contributed by atoms with E-state index in [0.717, 1.165) is 42.9 Å². The monoisotopic (exact) mass is 376 g/mol. The summed E-state index contributed by atoms with van der Waals surface area (Å²) in [6.45, 7) is 0.613. The number of carbonyl (C=O) groups excluding carboxylic acids is 1. The zero-order valence-corrected chi connectivity index (χ0v) is 16.0. The van der Waals surface area contributed by atoms with Crippen LogP contribution in [0.15, 0.2) is 36.7 Å². The van der Waals surface area contributed by atoms with Crippen molar-refractivity contribution >= 4 is 5.91 Å². The van der Waals surface area contributed by atoms with Crippen molar-refractivity contribution in [3.8, 4) is 0 Å². The van der Waals surface area contributed by atoms with Crippen LogP contribution in [0, 0.1) is 0 Å². The molecule has 0 unspecified atom stereocenters. The zero-order valence-electron chi connectivity index (χ0n) is 16.0. The van der Waals surface area contributed by atoms with E-state index in [-0.39, 0.29) is 11.9 Å². The highest BCUT2D eigenvalue weighted by Crippen LogP contribution is 2.36. The lowest BCUT2D eigenvalue weighted by atomic mass is 9.79. The summed E-state index contributed by atoms with van der Waals surface area (Å²) in [5.74, 6) is 2.26. The second-order valence-corrected chi connectivity index (χ2v) is 7.91. The van der Waals surface area contributed by atoms with Crippen molar-refractivity contribution in [3.05, 3.63) is 65.0 Å². The van der Waals surface area contributed by atoms with Crippen LogP contribution in [0.1, 0.15) is 58.3 Å². The Hall–Kier alpha value is -2.96. The average Bonchev–Trinajstić information content (AvgIpc) is 3.40. The Morgan fingerprint density at radius 3 is 2.89 bits per heavy atom. The number of hydrogen-bond donors (Lipinski definition) is 1. The summed E-state index contributed by atoms with van der Waals surface area (Å²) in [5.41, 5.74) is 3.51. The number of fused-ring (bicyclic) bond motifs is 1. The number of benzene rings is 1. The molecule has 0 atom stereocenters. The minimum atomic E-state index is 0.0375. The zero-order chi connectivity index (χ0) is 19.1. The van der Waals surface area contributed by atoms with E-state index in [1.165, 1.54) is 17.5 Å². The summed E-state index contributed by atoms with van der Waals surface area (Å²) < 4.78 is 3.90. The summed E-state index contributed by atoms with van der Waals surface area (Å²) in [6, 6.07) is 8.24. The van der Waals surface area contributed by atoms with Gasteiger partial charge >= 0.3 is 0 Å². The number of nitrogens with zero attached hydrogens (tertiary/aromatic N) is 5. The highest BCUT2D eigenvalue weighted by atomic mass is 16.1. The molecule has 0 bridgehead atoms. The van der Waals surface area contributed by atoms with Gasteiger partial charge in [-0.3, -0.25) is 9.48 Å². The van der Waals surface area contributed by atoms with Crippen molar-refractivity contribution in [2.24, 2.45) is 7.05 Å². The van der Waals surface area contributed by atoms with Crippen molar-refractivity contribution in [2.75, 3.05) is 0 Å². The molecule has 2 aromatic heterocycles. The van der Waals surface area contributed by atoms with E-state index in [2.05, 4.69) is 37.3 Å². The first-order valence-electron chi connectivity index (χ1n) is 9.95. The Kier molecular flexibility index (Phi) is 4.22. The summed E-state index contributed by atoms with van der Waals surface area (Å²) in [5, 5.41) is 16.1.